The van der Waals surface area contributed by atoms with Gasteiger partial charge < -0.3 is 5.32 Å². The lowest BCUT2D eigenvalue weighted by molar-refractivity contribution is 0.0940. The molecule has 20 heavy (non-hydrogen) atoms. The van der Waals surface area contributed by atoms with Gasteiger partial charge in [0.25, 0.3) is 5.91 Å². The molecule has 0 aliphatic heterocycles. The summed E-state index contributed by atoms with van der Waals surface area (Å²) in [5.41, 5.74) is 4.19. The maximum Gasteiger partial charge on any atom is 0.251 e. The number of halogens is 1. The standard InChI is InChI=1S/C17H18BrNO/c1-12-5-3-4-6-16(12)13(2)19-17(20)15-9-7-14(11-18)8-10-15/h3-10,13H,11H2,1-2H3,(H,19,20)/t13-/m0/s1. The van der Waals surface area contributed by atoms with Gasteiger partial charge in [-0.25, -0.2) is 0 Å². The van der Waals surface area contributed by atoms with Crippen molar-refractivity contribution in [1.82, 2.24) is 5.32 Å². The van der Waals surface area contributed by atoms with Crippen LogP contribution in [0.25, 0.3) is 0 Å². The zero-order valence-electron chi connectivity index (χ0n) is 11.7. The van der Waals surface area contributed by atoms with Crippen LogP contribution in [0.1, 0.15) is 40.0 Å². The summed E-state index contributed by atoms with van der Waals surface area (Å²) in [6.07, 6.45) is 0. The second-order valence-corrected chi connectivity index (χ2v) is 5.44. The summed E-state index contributed by atoms with van der Waals surface area (Å²) < 4.78 is 0. The first kappa shape index (κ1) is 14.8. The number of hydrogen-bond acceptors (Lipinski definition) is 1. The maximum absolute atomic E-state index is 12.2. The third kappa shape index (κ3) is 3.48. The van der Waals surface area contributed by atoms with E-state index < -0.39 is 0 Å². The first-order valence-electron chi connectivity index (χ1n) is 6.63. The number of rotatable bonds is 4. The fourth-order valence-corrected chi connectivity index (χ4v) is 2.55. The highest BCUT2D eigenvalue weighted by atomic mass is 79.9. The lowest BCUT2D eigenvalue weighted by atomic mass is 10.0. The van der Waals surface area contributed by atoms with Crippen molar-refractivity contribution in [1.29, 1.82) is 0 Å². The van der Waals surface area contributed by atoms with Crippen LogP contribution in [0.15, 0.2) is 48.5 Å². The van der Waals surface area contributed by atoms with Gasteiger partial charge in [-0.15, -0.1) is 0 Å². The molecule has 104 valence electrons. The molecule has 1 amide bonds. The van der Waals surface area contributed by atoms with Gasteiger partial charge in [0.2, 0.25) is 0 Å². The van der Waals surface area contributed by atoms with E-state index in [1.165, 1.54) is 5.56 Å². The molecule has 2 rings (SSSR count). The van der Waals surface area contributed by atoms with Gasteiger partial charge in [-0.2, -0.15) is 0 Å². The van der Waals surface area contributed by atoms with E-state index in [-0.39, 0.29) is 11.9 Å². The van der Waals surface area contributed by atoms with E-state index in [2.05, 4.69) is 34.2 Å². The van der Waals surface area contributed by atoms with E-state index in [9.17, 15) is 4.79 Å². The van der Waals surface area contributed by atoms with Crippen LogP contribution in [0.3, 0.4) is 0 Å². The Morgan fingerprint density at radius 1 is 1.15 bits per heavy atom. The number of nitrogens with one attached hydrogen (secondary N) is 1. The predicted molar refractivity (Wildman–Crippen MR) is 86.1 cm³/mol. The molecule has 2 aromatic carbocycles. The fourth-order valence-electron chi connectivity index (χ4n) is 2.18. The molecule has 0 bridgehead atoms. The van der Waals surface area contributed by atoms with Crippen LogP contribution in [0.2, 0.25) is 0 Å². The molecular formula is C17H18BrNO. The summed E-state index contributed by atoms with van der Waals surface area (Å²) in [6.45, 7) is 4.07. The Labute approximate surface area is 128 Å². The average molecular weight is 332 g/mol. The van der Waals surface area contributed by atoms with Crippen LogP contribution < -0.4 is 5.32 Å². The van der Waals surface area contributed by atoms with Gasteiger partial charge in [0.15, 0.2) is 0 Å². The minimum atomic E-state index is -0.0399. The third-order valence-electron chi connectivity index (χ3n) is 3.37. The monoisotopic (exact) mass is 331 g/mol. The Bertz CT molecular complexity index is 592. The van der Waals surface area contributed by atoms with E-state index in [0.717, 1.165) is 16.5 Å². The number of amides is 1. The van der Waals surface area contributed by atoms with E-state index in [1.54, 1.807) is 0 Å². The molecule has 0 radical (unpaired) electrons. The van der Waals surface area contributed by atoms with E-state index in [0.29, 0.717) is 5.56 Å². The zero-order chi connectivity index (χ0) is 14.5. The fraction of sp³-hybridized carbons (Fsp3) is 0.235. The molecule has 0 aromatic heterocycles. The van der Waals surface area contributed by atoms with Crippen LogP contribution in [0, 0.1) is 6.92 Å². The molecule has 0 saturated heterocycles. The van der Waals surface area contributed by atoms with Crippen molar-refractivity contribution >= 4 is 21.8 Å². The van der Waals surface area contributed by atoms with Crippen molar-refractivity contribution in [2.75, 3.05) is 0 Å². The van der Waals surface area contributed by atoms with Gasteiger partial charge in [0, 0.05) is 10.9 Å². The van der Waals surface area contributed by atoms with Gasteiger partial charge in [-0.05, 0) is 42.7 Å². The molecule has 0 saturated carbocycles. The quantitative estimate of drug-likeness (QED) is 0.827. The minimum Gasteiger partial charge on any atom is -0.346 e. The molecule has 0 heterocycles. The Balaban J connectivity index is 2.09. The Morgan fingerprint density at radius 2 is 1.80 bits per heavy atom. The summed E-state index contributed by atoms with van der Waals surface area (Å²) >= 11 is 3.40. The van der Waals surface area contributed by atoms with Gasteiger partial charge in [0.1, 0.15) is 0 Å². The summed E-state index contributed by atoms with van der Waals surface area (Å²) in [5, 5.41) is 3.84. The number of carbonyl (C=O) groups excluding carboxylic acids is 1. The van der Waals surface area contributed by atoms with E-state index >= 15 is 0 Å². The molecule has 3 heteroatoms. The van der Waals surface area contributed by atoms with Gasteiger partial charge >= 0.3 is 0 Å². The first-order chi connectivity index (χ1) is 9.61. The smallest absolute Gasteiger partial charge is 0.251 e. The lowest BCUT2D eigenvalue weighted by Gasteiger charge is -2.16. The Hall–Kier alpha value is -1.61. The van der Waals surface area contributed by atoms with Crippen molar-refractivity contribution in [3.8, 4) is 0 Å². The summed E-state index contributed by atoms with van der Waals surface area (Å²) in [7, 11) is 0. The predicted octanol–water partition coefficient (Wildman–Crippen LogP) is 4.38. The highest BCUT2D eigenvalue weighted by Crippen LogP contribution is 2.17. The average Bonchev–Trinajstić information content (AvgIpc) is 2.47. The molecule has 2 aromatic rings. The zero-order valence-corrected chi connectivity index (χ0v) is 13.3. The second kappa shape index (κ2) is 6.71. The number of carbonyl (C=O) groups is 1. The summed E-state index contributed by atoms with van der Waals surface area (Å²) in [6, 6.07) is 15.7. The largest absolute Gasteiger partial charge is 0.346 e. The molecule has 1 N–H and O–H groups in total. The third-order valence-corrected chi connectivity index (χ3v) is 4.02. The van der Waals surface area contributed by atoms with E-state index in [1.807, 2.05) is 49.4 Å². The highest BCUT2D eigenvalue weighted by Gasteiger charge is 2.12. The van der Waals surface area contributed by atoms with Crippen LogP contribution in [-0.4, -0.2) is 5.91 Å². The SMILES string of the molecule is Cc1ccccc1[C@H](C)NC(=O)c1ccc(CBr)cc1. The van der Waals surface area contributed by atoms with Crippen molar-refractivity contribution in [2.24, 2.45) is 0 Å². The molecular weight excluding hydrogens is 314 g/mol. The molecule has 0 fully saturated rings. The maximum atomic E-state index is 12.2. The molecule has 0 unspecified atom stereocenters. The Morgan fingerprint density at radius 3 is 2.40 bits per heavy atom. The van der Waals surface area contributed by atoms with Gasteiger partial charge in [0.05, 0.1) is 6.04 Å². The summed E-state index contributed by atoms with van der Waals surface area (Å²) in [5.74, 6) is -0.0399. The molecule has 1 atom stereocenters. The summed E-state index contributed by atoms with van der Waals surface area (Å²) in [4.78, 5) is 12.2. The molecule has 0 spiro atoms. The van der Waals surface area contributed by atoms with Crippen molar-refractivity contribution < 1.29 is 4.79 Å². The van der Waals surface area contributed by atoms with Crippen LogP contribution >= 0.6 is 15.9 Å². The molecule has 2 nitrogen and oxygen atoms in total. The normalized spacial score (nSPS) is 11.9. The van der Waals surface area contributed by atoms with Crippen LogP contribution in [-0.2, 0) is 5.33 Å². The lowest BCUT2D eigenvalue weighted by Crippen LogP contribution is -2.27. The van der Waals surface area contributed by atoms with Crippen LogP contribution in [0.4, 0.5) is 0 Å². The van der Waals surface area contributed by atoms with Gasteiger partial charge in [-0.1, -0.05) is 52.3 Å². The highest BCUT2D eigenvalue weighted by molar-refractivity contribution is 9.08. The number of benzene rings is 2. The molecule has 0 aliphatic carbocycles. The van der Waals surface area contributed by atoms with Crippen molar-refractivity contribution in [2.45, 2.75) is 25.2 Å². The van der Waals surface area contributed by atoms with Gasteiger partial charge in [-0.3, -0.25) is 4.79 Å². The number of hydrogen-bond donors (Lipinski definition) is 1. The van der Waals surface area contributed by atoms with Crippen molar-refractivity contribution in [3.63, 3.8) is 0 Å². The number of alkyl halides is 1. The first-order valence-corrected chi connectivity index (χ1v) is 7.75. The van der Waals surface area contributed by atoms with Crippen molar-refractivity contribution in [3.05, 3.63) is 70.8 Å². The molecule has 0 aliphatic rings. The van der Waals surface area contributed by atoms with Crippen LogP contribution in [0.5, 0.6) is 0 Å². The Kier molecular flexibility index (Phi) is 4.96. The second-order valence-electron chi connectivity index (χ2n) is 4.88. The number of aryl methyl sites for hydroxylation is 1. The topological polar surface area (TPSA) is 29.1 Å². The minimum absolute atomic E-state index is 0.000415. The van der Waals surface area contributed by atoms with E-state index in [4.69, 9.17) is 0 Å².